The summed E-state index contributed by atoms with van der Waals surface area (Å²) >= 11 is 0. The highest BCUT2D eigenvalue weighted by atomic mass is 16.2. The molecule has 0 radical (unpaired) electrons. The number of aromatic amines is 1. The molecule has 0 aliphatic carbocycles. The van der Waals surface area contributed by atoms with Gasteiger partial charge >= 0.3 is 0 Å². The van der Waals surface area contributed by atoms with Crippen molar-refractivity contribution in [2.45, 2.75) is 39.0 Å². The van der Waals surface area contributed by atoms with Gasteiger partial charge < -0.3 is 10.2 Å². The summed E-state index contributed by atoms with van der Waals surface area (Å²) in [5.41, 5.74) is 4.14. The van der Waals surface area contributed by atoms with E-state index >= 15 is 0 Å². The van der Waals surface area contributed by atoms with Crippen molar-refractivity contribution in [3.05, 3.63) is 71.8 Å². The molecule has 0 unspecified atom stereocenters. The van der Waals surface area contributed by atoms with Crippen LogP contribution in [0.4, 0.5) is 0 Å². The Balaban J connectivity index is 1.55. The molecule has 1 aliphatic rings. The molecule has 0 bridgehead atoms. The Kier molecular flexibility index (Phi) is 6.58. The van der Waals surface area contributed by atoms with Crippen LogP contribution in [-0.4, -0.2) is 52.0 Å². The van der Waals surface area contributed by atoms with Crippen LogP contribution in [-0.2, 0) is 11.2 Å². The zero-order chi connectivity index (χ0) is 23.4. The molecule has 1 aromatic carbocycles. The summed E-state index contributed by atoms with van der Waals surface area (Å²) in [6.45, 7) is 5.16. The number of rotatable bonds is 6. The van der Waals surface area contributed by atoms with Gasteiger partial charge in [-0.25, -0.2) is 0 Å². The fraction of sp³-hybridized carbons (Fsp3) is 0.385. The van der Waals surface area contributed by atoms with Crippen LogP contribution in [0, 0.1) is 5.41 Å². The molecule has 3 aromatic rings. The topological polar surface area (TPSA) is 91.0 Å². The smallest absolute Gasteiger partial charge is 0.274 e. The van der Waals surface area contributed by atoms with Crippen molar-refractivity contribution >= 4 is 11.8 Å². The molecule has 0 spiro atoms. The fourth-order valence-electron chi connectivity index (χ4n) is 4.64. The molecule has 3 heterocycles. The number of nitrogens with one attached hydrogen (secondary N) is 2. The van der Waals surface area contributed by atoms with Crippen molar-refractivity contribution in [2.75, 3.05) is 20.1 Å². The van der Waals surface area contributed by atoms with Crippen LogP contribution < -0.4 is 5.32 Å². The number of carbonyl (C=O) groups excluding carboxylic acids is 2. The number of aromatic nitrogens is 3. The number of carbonyl (C=O) groups is 2. The van der Waals surface area contributed by atoms with Gasteiger partial charge in [-0.3, -0.25) is 19.7 Å². The molecule has 0 atom stereocenters. The summed E-state index contributed by atoms with van der Waals surface area (Å²) in [5, 5.41) is 10.0. The highest BCUT2D eigenvalue weighted by Crippen LogP contribution is 2.38. The van der Waals surface area contributed by atoms with E-state index in [2.05, 4.69) is 46.5 Å². The number of pyridine rings is 1. The standard InChI is InChI=1S/C26H31N5O2/c1-18(2)22-16-23(30-29-22)24(32)31-14-10-26(11-15-31,25(33)27-3)17-20-6-4-5-7-21(20)19-8-12-28-13-9-19/h4-9,12-13,16,18H,10-11,14-15,17H2,1-3H3,(H,27,33)(H,29,30). The molecule has 1 aliphatic heterocycles. The average molecular weight is 446 g/mol. The van der Waals surface area contributed by atoms with Gasteiger partial charge in [0, 0.05) is 38.2 Å². The lowest BCUT2D eigenvalue weighted by Crippen LogP contribution is -2.50. The van der Waals surface area contributed by atoms with Crippen molar-refractivity contribution in [2.24, 2.45) is 5.41 Å². The summed E-state index contributed by atoms with van der Waals surface area (Å²) in [4.78, 5) is 32.1. The van der Waals surface area contributed by atoms with Crippen LogP contribution in [0.1, 0.15) is 54.4 Å². The summed E-state index contributed by atoms with van der Waals surface area (Å²) < 4.78 is 0. The van der Waals surface area contributed by atoms with Crippen molar-refractivity contribution in [1.29, 1.82) is 0 Å². The SMILES string of the molecule is CNC(=O)C1(Cc2ccccc2-c2ccncc2)CCN(C(=O)c2cc(C(C)C)[nH]n2)CC1. The summed E-state index contributed by atoms with van der Waals surface area (Å²) in [6, 6.07) is 14.0. The highest BCUT2D eigenvalue weighted by molar-refractivity contribution is 5.93. The van der Waals surface area contributed by atoms with Crippen molar-refractivity contribution in [3.8, 4) is 11.1 Å². The Morgan fingerprint density at radius 2 is 1.82 bits per heavy atom. The van der Waals surface area contributed by atoms with Gasteiger partial charge in [0.1, 0.15) is 5.69 Å². The zero-order valence-electron chi connectivity index (χ0n) is 19.5. The minimum absolute atomic E-state index is 0.0287. The lowest BCUT2D eigenvalue weighted by molar-refractivity contribution is -0.133. The van der Waals surface area contributed by atoms with Crippen LogP contribution in [0.15, 0.2) is 54.9 Å². The minimum atomic E-state index is -0.566. The third kappa shape index (κ3) is 4.67. The first kappa shape index (κ1) is 22.7. The first-order valence-corrected chi connectivity index (χ1v) is 11.5. The quantitative estimate of drug-likeness (QED) is 0.604. The summed E-state index contributed by atoms with van der Waals surface area (Å²) in [6.07, 6.45) is 5.39. The third-order valence-electron chi connectivity index (χ3n) is 6.69. The molecular formula is C26H31N5O2. The number of amides is 2. The number of hydrogen-bond donors (Lipinski definition) is 2. The molecule has 1 fully saturated rings. The van der Waals surface area contributed by atoms with E-state index in [0.717, 1.165) is 22.4 Å². The van der Waals surface area contributed by atoms with Crippen molar-refractivity contribution < 1.29 is 9.59 Å². The molecule has 1 saturated heterocycles. The molecule has 7 heteroatoms. The predicted molar refractivity (Wildman–Crippen MR) is 128 cm³/mol. The molecule has 4 rings (SSSR count). The predicted octanol–water partition coefficient (Wildman–Crippen LogP) is 3.81. The lowest BCUT2D eigenvalue weighted by atomic mass is 9.72. The molecule has 2 amide bonds. The molecule has 33 heavy (non-hydrogen) atoms. The minimum Gasteiger partial charge on any atom is -0.359 e. The highest BCUT2D eigenvalue weighted by Gasteiger charge is 2.42. The molecule has 2 aromatic heterocycles. The van der Waals surface area contributed by atoms with Gasteiger partial charge in [-0.2, -0.15) is 5.10 Å². The zero-order valence-corrected chi connectivity index (χ0v) is 19.5. The number of benzene rings is 1. The Labute approximate surface area is 194 Å². The van der Waals surface area contributed by atoms with E-state index in [1.54, 1.807) is 19.4 Å². The maximum Gasteiger partial charge on any atom is 0.274 e. The fourth-order valence-corrected chi connectivity index (χ4v) is 4.64. The second kappa shape index (κ2) is 9.57. The van der Waals surface area contributed by atoms with Gasteiger partial charge in [0.25, 0.3) is 5.91 Å². The van der Waals surface area contributed by atoms with Crippen LogP contribution in [0.3, 0.4) is 0 Å². The van der Waals surface area contributed by atoms with E-state index in [9.17, 15) is 9.59 Å². The number of likely N-dealkylation sites (tertiary alicyclic amines) is 1. The lowest BCUT2D eigenvalue weighted by Gasteiger charge is -2.40. The van der Waals surface area contributed by atoms with Gasteiger partial charge in [0.05, 0.1) is 5.41 Å². The molecular weight excluding hydrogens is 414 g/mol. The van der Waals surface area contributed by atoms with E-state index in [1.165, 1.54) is 0 Å². The Morgan fingerprint density at radius 1 is 1.12 bits per heavy atom. The van der Waals surface area contributed by atoms with E-state index in [4.69, 9.17) is 0 Å². The van der Waals surface area contributed by atoms with Gasteiger partial charge in [-0.1, -0.05) is 38.1 Å². The largest absolute Gasteiger partial charge is 0.359 e. The summed E-state index contributed by atoms with van der Waals surface area (Å²) in [7, 11) is 1.69. The van der Waals surface area contributed by atoms with E-state index < -0.39 is 5.41 Å². The maximum atomic E-state index is 13.1. The molecule has 172 valence electrons. The molecule has 2 N–H and O–H groups in total. The first-order chi connectivity index (χ1) is 15.9. The third-order valence-corrected chi connectivity index (χ3v) is 6.69. The molecule has 0 saturated carbocycles. The van der Waals surface area contributed by atoms with Gasteiger partial charge in [-0.15, -0.1) is 0 Å². The van der Waals surface area contributed by atoms with Crippen LogP contribution in [0.5, 0.6) is 0 Å². The van der Waals surface area contributed by atoms with E-state index in [-0.39, 0.29) is 17.7 Å². The van der Waals surface area contributed by atoms with Crippen LogP contribution in [0.2, 0.25) is 0 Å². The number of piperidine rings is 1. The van der Waals surface area contributed by atoms with Gasteiger partial charge in [0.2, 0.25) is 5.91 Å². The number of hydrogen-bond acceptors (Lipinski definition) is 4. The molecule has 7 nitrogen and oxygen atoms in total. The first-order valence-electron chi connectivity index (χ1n) is 11.5. The van der Waals surface area contributed by atoms with Gasteiger partial charge in [-0.05, 0) is 60.1 Å². The number of H-pyrrole nitrogens is 1. The van der Waals surface area contributed by atoms with Crippen molar-refractivity contribution in [3.63, 3.8) is 0 Å². The Morgan fingerprint density at radius 3 is 2.45 bits per heavy atom. The number of nitrogens with zero attached hydrogens (tertiary/aromatic N) is 3. The maximum absolute atomic E-state index is 13.1. The average Bonchev–Trinajstić information content (AvgIpc) is 3.35. The summed E-state index contributed by atoms with van der Waals surface area (Å²) in [5.74, 6) is 0.226. The Bertz CT molecular complexity index is 1110. The Hall–Kier alpha value is -3.48. The van der Waals surface area contributed by atoms with Crippen LogP contribution >= 0.6 is 0 Å². The van der Waals surface area contributed by atoms with Crippen LogP contribution in [0.25, 0.3) is 11.1 Å². The van der Waals surface area contributed by atoms with Gasteiger partial charge in [0.15, 0.2) is 0 Å². The monoisotopic (exact) mass is 445 g/mol. The van der Waals surface area contributed by atoms with E-state index in [0.29, 0.717) is 38.0 Å². The van der Waals surface area contributed by atoms with E-state index in [1.807, 2.05) is 35.2 Å². The normalized spacial score (nSPS) is 15.5. The van der Waals surface area contributed by atoms with Crippen molar-refractivity contribution in [1.82, 2.24) is 25.4 Å². The second-order valence-corrected chi connectivity index (χ2v) is 9.08. The second-order valence-electron chi connectivity index (χ2n) is 9.08.